The molecule has 0 aliphatic carbocycles. The summed E-state index contributed by atoms with van der Waals surface area (Å²) in [5.41, 5.74) is 7.29. The van der Waals surface area contributed by atoms with Crippen molar-refractivity contribution in [1.29, 1.82) is 5.26 Å². The number of para-hydroxylation sites is 2. The Bertz CT molecular complexity index is 3810. The fourth-order valence-corrected chi connectivity index (χ4v) is 9.62. The van der Waals surface area contributed by atoms with Crippen molar-refractivity contribution in [3.05, 3.63) is 229 Å². The molecule has 0 saturated heterocycles. The first-order valence-electron chi connectivity index (χ1n) is 22.0. The topological polar surface area (TPSA) is 59.4 Å². The Morgan fingerprint density at radius 1 is 0.348 bits per heavy atom. The Balaban J connectivity index is 1.16. The second kappa shape index (κ2) is 16.3. The molecule has 12 aromatic rings. The molecular formula is C59H32F5N5. The van der Waals surface area contributed by atoms with Crippen molar-refractivity contribution in [3.63, 3.8) is 0 Å². The van der Waals surface area contributed by atoms with E-state index in [2.05, 4.69) is 6.07 Å². The fourth-order valence-electron chi connectivity index (χ4n) is 9.62. The highest BCUT2D eigenvalue weighted by Crippen LogP contribution is 2.46. The highest BCUT2D eigenvalue weighted by molar-refractivity contribution is 6.13. The zero-order valence-corrected chi connectivity index (χ0v) is 36.1. The number of fused-ring (bicyclic) bond motifs is 6. The third-order valence-corrected chi connectivity index (χ3v) is 12.8. The van der Waals surface area contributed by atoms with Gasteiger partial charge in [0.15, 0.2) is 23.3 Å². The maximum Gasteiger partial charge on any atom is 0.200 e. The minimum absolute atomic E-state index is 0.0101. The van der Waals surface area contributed by atoms with Crippen molar-refractivity contribution < 1.29 is 22.0 Å². The van der Waals surface area contributed by atoms with E-state index in [0.29, 0.717) is 22.1 Å². The lowest BCUT2D eigenvalue weighted by Gasteiger charge is -2.22. The number of halogens is 5. The summed E-state index contributed by atoms with van der Waals surface area (Å²) in [6, 6.07) is 58.6. The lowest BCUT2D eigenvalue weighted by atomic mass is 9.96. The standard InChI is InChI=1S/C59H32F5N5/c60-55-54(56(61)58(63)59(64)57(55)62)53-51(68-47-17-9-7-15-41(47)43-23-19-37(29-49(43)68)39-21-25-45(66-32-39)35-11-3-1-4-12-35)27-34(31-65)28-52(53)69-48-18-10-8-16-42(48)44-24-20-38(30-50(44)69)40-22-26-46(67-33-40)36-13-5-2-6-14-36/h1-30,32-33H. The third kappa shape index (κ3) is 6.66. The monoisotopic (exact) mass is 905 g/mol. The zero-order valence-electron chi connectivity index (χ0n) is 36.1. The van der Waals surface area contributed by atoms with Crippen LogP contribution in [-0.4, -0.2) is 19.1 Å². The first-order valence-corrected chi connectivity index (χ1v) is 22.0. The highest BCUT2D eigenvalue weighted by atomic mass is 19.2. The van der Waals surface area contributed by atoms with Crippen LogP contribution in [0, 0.1) is 40.4 Å². The molecule has 5 nitrogen and oxygen atoms in total. The van der Waals surface area contributed by atoms with E-state index < -0.39 is 34.6 Å². The normalized spacial score (nSPS) is 11.5. The van der Waals surface area contributed by atoms with E-state index in [4.69, 9.17) is 9.97 Å². The number of nitriles is 1. The summed E-state index contributed by atoms with van der Waals surface area (Å²) in [5, 5.41) is 13.8. The molecule has 8 aromatic carbocycles. The second-order valence-corrected chi connectivity index (χ2v) is 16.7. The van der Waals surface area contributed by atoms with Crippen LogP contribution in [0.15, 0.2) is 194 Å². The average molecular weight is 906 g/mol. The molecular weight excluding hydrogens is 874 g/mol. The van der Waals surface area contributed by atoms with Crippen LogP contribution in [0.3, 0.4) is 0 Å². The molecule has 4 heterocycles. The molecule has 10 heteroatoms. The van der Waals surface area contributed by atoms with E-state index in [1.165, 1.54) is 12.1 Å². The lowest BCUT2D eigenvalue weighted by molar-refractivity contribution is 0.381. The van der Waals surface area contributed by atoms with Crippen LogP contribution in [0.1, 0.15) is 5.56 Å². The zero-order chi connectivity index (χ0) is 46.9. The average Bonchev–Trinajstić information content (AvgIpc) is 3.92. The van der Waals surface area contributed by atoms with Crippen LogP contribution in [0.2, 0.25) is 0 Å². The molecule has 4 aromatic heterocycles. The van der Waals surface area contributed by atoms with Gasteiger partial charge in [-0.1, -0.05) is 133 Å². The molecule has 0 N–H and O–H groups in total. The quantitative estimate of drug-likeness (QED) is 0.0909. The first-order chi connectivity index (χ1) is 33.8. The summed E-state index contributed by atoms with van der Waals surface area (Å²) in [6.45, 7) is 0. The van der Waals surface area contributed by atoms with Crippen LogP contribution < -0.4 is 0 Å². The number of rotatable bonds is 7. The van der Waals surface area contributed by atoms with Crippen molar-refractivity contribution in [1.82, 2.24) is 19.1 Å². The van der Waals surface area contributed by atoms with E-state index in [0.717, 1.165) is 66.3 Å². The lowest BCUT2D eigenvalue weighted by Crippen LogP contribution is -2.10. The summed E-state index contributed by atoms with van der Waals surface area (Å²) in [7, 11) is 0. The van der Waals surface area contributed by atoms with E-state index >= 15 is 22.0 Å². The van der Waals surface area contributed by atoms with Gasteiger partial charge in [-0.15, -0.1) is 0 Å². The van der Waals surface area contributed by atoms with Crippen LogP contribution >= 0.6 is 0 Å². The summed E-state index contributed by atoms with van der Waals surface area (Å²) in [6.07, 6.45) is 3.52. The Kier molecular flexibility index (Phi) is 9.74. The predicted molar refractivity (Wildman–Crippen MR) is 262 cm³/mol. The molecule has 0 fully saturated rings. The van der Waals surface area contributed by atoms with Gasteiger partial charge in [0.1, 0.15) is 0 Å². The van der Waals surface area contributed by atoms with Gasteiger partial charge in [-0.2, -0.15) is 5.26 Å². The number of benzene rings is 8. The fraction of sp³-hybridized carbons (Fsp3) is 0. The smallest absolute Gasteiger partial charge is 0.200 e. The van der Waals surface area contributed by atoms with Gasteiger partial charge in [0.05, 0.1) is 62.0 Å². The molecule has 12 rings (SSSR count). The number of aromatic nitrogens is 4. The van der Waals surface area contributed by atoms with Gasteiger partial charge >= 0.3 is 0 Å². The maximum atomic E-state index is 16.8. The van der Waals surface area contributed by atoms with Crippen molar-refractivity contribution in [3.8, 4) is 73.3 Å². The van der Waals surface area contributed by atoms with Crippen LogP contribution in [0.25, 0.3) is 111 Å². The van der Waals surface area contributed by atoms with Crippen LogP contribution in [0.5, 0.6) is 0 Å². The van der Waals surface area contributed by atoms with Gasteiger partial charge in [0.2, 0.25) is 5.82 Å². The number of nitrogens with zero attached hydrogens (tertiary/aromatic N) is 5. The van der Waals surface area contributed by atoms with Gasteiger partial charge in [0.25, 0.3) is 0 Å². The summed E-state index contributed by atoms with van der Waals surface area (Å²) < 4.78 is 83.6. The SMILES string of the molecule is N#Cc1cc(-n2c3ccccc3c3ccc(-c4ccc(-c5ccccc5)nc4)cc32)c(-c2c(F)c(F)c(F)c(F)c2F)c(-n2c3ccccc3c3ccc(-c4ccc(-c5ccccc5)nc4)cc32)c1. The summed E-state index contributed by atoms with van der Waals surface area (Å²) in [4.78, 5) is 9.49. The molecule has 0 unspecified atom stereocenters. The Labute approximate surface area is 390 Å². The highest BCUT2D eigenvalue weighted by Gasteiger charge is 2.32. The van der Waals surface area contributed by atoms with Crippen LogP contribution in [0.4, 0.5) is 22.0 Å². The molecule has 0 amide bonds. The van der Waals surface area contributed by atoms with Gasteiger partial charge in [-0.25, -0.2) is 22.0 Å². The van der Waals surface area contributed by atoms with Gasteiger partial charge in [-0.3, -0.25) is 9.97 Å². The molecule has 0 radical (unpaired) electrons. The number of pyridine rings is 2. The van der Waals surface area contributed by atoms with E-state index in [-0.39, 0.29) is 22.5 Å². The Morgan fingerprint density at radius 3 is 1.16 bits per heavy atom. The molecule has 69 heavy (non-hydrogen) atoms. The molecule has 0 aliphatic heterocycles. The van der Waals surface area contributed by atoms with Crippen molar-refractivity contribution in [2.45, 2.75) is 0 Å². The van der Waals surface area contributed by atoms with Crippen molar-refractivity contribution >= 4 is 43.6 Å². The minimum atomic E-state index is -2.28. The third-order valence-electron chi connectivity index (χ3n) is 12.8. The number of hydrogen-bond acceptors (Lipinski definition) is 3. The van der Waals surface area contributed by atoms with Crippen molar-refractivity contribution in [2.24, 2.45) is 0 Å². The predicted octanol–water partition coefficient (Wildman–Crippen LogP) is 15.6. The molecule has 0 aliphatic rings. The Morgan fingerprint density at radius 2 is 0.739 bits per heavy atom. The number of hydrogen-bond donors (Lipinski definition) is 0. The van der Waals surface area contributed by atoms with E-state index in [1.807, 2.05) is 158 Å². The maximum absolute atomic E-state index is 16.8. The van der Waals surface area contributed by atoms with Gasteiger partial charge in [-0.05, 0) is 59.7 Å². The Hall–Kier alpha value is -9.20. The van der Waals surface area contributed by atoms with E-state index in [9.17, 15) is 5.26 Å². The van der Waals surface area contributed by atoms with Crippen LogP contribution in [-0.2, 0) is 0 Å². The first kappa shape index (κ1) is 41.2. The molecule has 0 saturated carbocycles. The second-order valence-electron chi connectivity index (χ2n) is 16.7. The minimum Gasteiger partial charge on any atom is -0.308 e. The largest absolute Gasteiger partial charge is 0.308 e. The van der Waals surface area contributed by atoms with Crippen molar-refractivity contribution in [2.75, 3.05) is 0 Å². The van der Waals surface area contributed by atoms with E-state index in [1.54, 1.807) is 33.7 Å². The molecule has 328 valence electrons. The van der Waals surface area contributed by atoms with Gasteiger partial charge < -0.3 is 9.13 Å². The summed E-state index contributed by atoms with van der Waals surface area (Å²) in [5.74, 6) is -10.5. The molecule has 0 atom stereocenters. The molecule has 0 bridgehead atoms. The molecule has 0 spiro atoms. The summed E-state index contributed by atoms with van der Waals surface area (Å²) >= 11 is 0. The van der Waals surface area contributed by atoms with Gasteiger partial charge in [0, 0.05) is 61.8 Å².